The van der Waals surface area contributed by atoms with Crippen molar-refractivity contribution < 1.29 is 18.1 Å². The highest BCUT2D eigenvalue weighted by Crippen LogP contribution is 2.44. The molecule has 2 aliphatic carbocycles. The van der Waals surface area contributed by atoms with E-state index in [1.54, 1.807) is 0 Å². The second-order valence-corrected chi connectivity index (χ2v) is 11.8. The largest absolute Gasteiger partial charge is 0.343 e. The molecule has 4 aliphatic rings. The SMILES string of the molecule is CC(C)N1CCN([C@@H]2CCC[C@@H](F)[C@H]2CC(=O)N2CCC(C)(c3noc(C4C[C@@H]4F)n3)CC2)CC1. The van der Waals surface area contributed by atoms with Crippen LogP contribution in [-0.4, -0.2) is 94.4 Å². The molecule has 5 atom stereocenters. The smallest absolute Gasteiger partial charge is 0.232 e. The van der Waals surface area contributed by atoms with Gasteiger partial charge in [0.2, 0.25) is 11.8 Å². The van der Waals surface area contributed by atoms with Crippen molar-refractivity contribution >= 4 is 5.91 Å². The summed E-state index contributed by atoms with van der Waals surface area (Å²) in [6, 6.07) is 0.694. The van der Waals surface area contributed by atoms with Crippen molar-refractivity contribution in [3.8, 4) is 0 Å². The highest BCUT2D eigenvalue weighted by Gasteiger charge is 2.46. The second kappa shape index (κ2) is 10.0. The van der Waals surface area contributed by atoms with Gasteiger partial charge in [0.25, 0.3) is 0 Å². The molecule has 1 aromatic heterocycles. The van der Waals surface area contributed by atoms with Gasteiger partial charge in [-0.25, -0.2) is 8.78 Å². The van der Waals surface area contributed by atoms with E-state index in [1.807, 2.05) is 4.90 Å². The van der Waals surface area contributed by atoms with Gasteiger partial charge in [-0.15, -0.1) is 0 Å². The molecule has 0 spiro atoms. The Morgan fingerprint density at radius 1 is 1.09 bits per heavy atom. The Labute approximate surface area is 207 Å². The third kappa shape index (κ3) is 5.26. The molecule has 1 aromatic rings. The zero-order valence-corrected chi connectivity index (χ0v) is 21.5. The molecule has 1 amide bonds. The first-order chi connectivity index (χ1) is 16.7. The predicted octanol–water partition coefficient (Wildman–Crippen LogP) is 3.70. The number of halogens is 2. The van der Waals surface area contributed by atoms with Crippen molar-refractivity contribution in [2.45, 2.75) is 101 Å². The van der Waals surface area contributed by atoms with Crippen LogP contribution in [0.15, 0.2) is 4.52 Å². The van der Waals surface area contributed by atoms with Gasteiger partial charge in [-0.2, -0.15) is 4.98 Å². The summed E-state index contributed by atoms with van der Waals surface area (Å²) in [5.41, 5.74) is -0.286. The minimum atomic E-state index is -0.907. The minimum Gasteiger partial charge on any atom is -0.343 e. The topological polar surface area (TPSA) is 65.7 Å². The van der Waals surface area contributed by atoms with Crippen LogP contribution < -0.4 is 0 Å². The number of carbonyl (C=O) groups is 1. The summed E-state index contributed by atoms with van der Waals surface area (Å²) >= 11 is 0. The van der Waals surface area contributed by atoms with Gasteiger partial charge in [0.1, 0.15) is 12.3 Å². The van der Waals surface area contributed by atoms with E-state index in [1.165, 1.54) is 0 Å². The molecule has 196 valence electrons. The molecule has 2 saturated carbocycles. The van der Waals surface area contributed by atoms with Gasteiger partial charge in [0.15, 0.2) is 5.82 Å². The Bertz CT molecular complexity index is 879. The van der Waals surface area contributed by atoms with Gasteiger partial charge in [0.05, 0.1) is 5.92 Å². The number of rotatable bonds is 6. The van der Waals surface area contributed by atoms with Crippen LogP contribution in [0.1, 0.15) is 83.3 Å². The van der Waals surface area contributed by atoms with Gasteiger partial charge < -0.3 is 9.42 Å². The molecule has 5 rings (SSSR count). The van der Waals surface area contributed by atoms with Crippen LogP contribution in [0.25, 0.3) is 0 Å². The maximum Gasteiger partial charge on any atom is 0.232 e. The highest BCUT2D eigenvalue weighted by molar-refractivity contribution is 5.76. The first-order valence-corrected chi connectivity index (χ1v) is 13.6. The van der Waals surface area contributed by atoms with Gasteiger partial charge in [-0.3, -0.25) is 14.6 Å². The molecule has 0 radical (unpaired) electrons. The molecule has 0 aromatic carbocycles. The summed E-state index contributed by atoms with van der Waals surface area (Å²) in [6.07, 6.45) is 2.90. The lowest BCUT2D eigenvalue weighted by atomic mass is 9.78. The molecule has 9 heteroatoms. The number of piperazine rings is 1. The average Bonchev–Trinajstić information content (AvgIpc) is 3.36. The van der Waals surface area contributed by atoms with E-state index >= 15 is 4.39 Å². The van der Waals surface area contributed by atoms with E-state index in [9.17, 15) is 9.18 Å². The Kier molecular flexibility index (Phi) is 7.19. The number of alkyl halides is 2. The number of amides is 1. The van der Waals surface area contributed by atoms with Gasteiger partial charge >= 0.3 is 0 Å². The molecule has 3 heterocycles. The fourth-order valence-corrected chi connectivity index (χ4v) is 6.35. The Balaban J connectivity index is 1.17. The summed E-state index contributed by atoms with van der Waals surface area (Å²) in [5.74, 6) is 0.628. The first-order valence-electron chi connectivity index (χ1n) is 13.6. The third-order valence-corrected chi connectivity index (χ3v) is 9.13. The molecule has 1 unspecified atom stereocenters. The number of likely N-dealkylation sites (tertiary alicyclic amines) is 1. The van der Waals surface area contributed by atoms with Crippen LogP contribution in [0, 0.1) is 5.92 Å². The highest BCUT2D eigenvalue weighted by atomic mass is 19.1. The molecule has 2 aliphatic heterocycles. The summed E-state index contributed by atoms with van der Waals surface area (Å²) in [7, 11) is 0. The molecule has 4 fully saturated rings. The zero-order chi connectivity index (χ0) is 24.7. The monoisotopic (exact) mass is 493 g/mol. The van der Waals surface area contributed by atoms with E-state index in [0.29, 0.717) is 50.1 Å². The van der Waals surface area contributed by atoms with Gasteiger partial charge in [-0.1, -0.05) is 12.1 Å². The maximum absolute atomic E-state index is 15.2. The zero-order valence-electron chi connectivity index (χ0n) is 21.5. The van der Waals surface area contributed by atoms with Crippen LogP contribution in [0.3, 0.4) is 0 Å². The van der Waals surface area contributed by atoms with E-state index < -0.39 is 12.3 Å². The van der Waals surface area contributed by atoms with E-state index in [2.05, 4.69) is 40.7 Å². The van der Waals surface area contributed by atoms with Crippen LogP contribution in [0.4, 0.5) is 8.78 Å². The Morgan fingerprint density at radius 3 is 2.40 bits per heavy atom. The van der Waals surface area contributed by atoms with Crippen molar-refractivity contribution in [2.24, 2.45) is 5.92 Å². The van der Waals surface area contributed by atoms with E-state index in [-0.39, 0.29) is 29.2 Å². The van der Waals surface area contributed by atoms with E-state index in [0.717, 1.165) is 51.9 Å². The van der Waals surface area contributed by atoms with Crippen LogP contribution in [0.5, 0.6) is 0 Å². The minimum absolute atomic E-state index is 0.0690. The van der Waals surface area contributed by atoms with Gasteiger partial charge in [0, 0.05) is 69.1 Å². The summed E-state index contributed by atoms with van der Waals surface area (Å²) < 4.78 is 33.9. The Morgan fingerprint density at radius 2 is 1.77 bits per heavy atom. The maximum atomic E-state index is 15.2. The second-order valence-electron chi connectivity index (χ2n) is 11.8. The summed E-state index contributed by atoms with van der Waals surface area (Å²) in [5, 5.41) is 4.14. The molecule has 35 heavy (non-hydrogen) atoms. The Hall–Kier alpha value is -1.61. The lowest BCUT2D eigenvalue weighted by Crippen LogP contribution is -2.56. The van der Waals surface area contributed by atoms with E-state index in [4.69, 9.17) is 4.52 Å². The van der Waals surface area contributed by atoms with Crippen LogP contribution in [0.2, 0.25) is 0 Å². The summed E-state index contributed by atoms with van der Waals surface area (Å²) in [6.45, 7) is 11.7. The van der Waals surface area contributed by atoms with Crippen molar-refractivity contribution in [1.29, 1.82) is 0 Å². The number of nitrogens with zero attached hydrogens (tertiary/aromatic N) is 5. The van der Waals surface area contributed by atoms with Crippen molar-refractivity contribution in [2.75, 3.05) is 39.3 Å². The van der Waals surface area contributed by atoms with Crippen LogP contribution >= 0.6 is 0 Å². The first kappa shape index (κ1) is 25.1. The van der Waals surface area contributed by atoms with Crippen molar-refractivity contribution in [3.05, 3.63) is 11.7 Å². The standard InChI is InChI=1S/C26H41F2N5O2/c1-17(2)31-11-13-32(14-12-31)22-6-4-5-20(27)18(22)16-23(34)33-9-7-26(3,8-10-33)25-29-24(35-30-25)19-15-21(19)28/h17-22H,4-16H2,1-3H3/t18-,19?,20-,21+,22-/m1/s1. The number of aromatic nitrogens is 2. The molecular weight excluding hydrogens is 452 g/mol. The third-order valence-electron chi connectivity index (χ3n) is 9.13. The molecule has 0 bridgehead atoms. The van der Waals surface area contributed by atoms with Crippen molar-refractivity contribution in [1.82, 2.24) is 24.8 Å². The number of hydrogen-bond acceptors (Lipinski definition) is 6. The quantitative estimate of drug-likeness (QED) is 0.602. The normalized spacial score (nSPS) is 34.3. The van der Waals surface area contributed by atoms with Gasteiger partial charge in [-0.05, 0) is 52.4 Å². The lowest BCUT2D eigenvalue weighted by Gasteiger charge is -2.46. The lowest BCUT2D eigenvalue weighted by molar-refractivity contribution is -0.136. The predicted molar refractivity (Wildman–Crippen MR) is 129 cm³/mol. The number of piperidine rings is 1. The molecular formula is C26H41F2N5O2. The average molecular weight is 494 g/mol. The number of hydrogen-bond donors (Lipinski definition) is 0. The summed E-state index contributed by atoms with van der Waals surface area (Å²) in [4.78, 5) is 24.6. The molecule has 7 nitrogen and oxygen atoms in total. The van der Waals surface area contributed by atoms with Crippen molar-refractivity contribution in [3.63, 3.8) is 0 Å². The molecule has 0 N–H and O–H groups in total. The number of carbonyl (C=O) groups excluding carboxylic acids is 1. The molecule has 2 saturated heterocycles. The van der Waals surface area contributed by atoms with Crippen LogP contribution in [-0.2, 0) is 10.2 Å². The fraction of sp³-hybridized carbons (Fsp3) is 0.885. The fourth-order valence-electron chi connectivity index (χ4n) is 6.35.